The van der Waals surface area contributed by atoms with Crippen molar-refractivity contribution in [1.29, 1.82) is 0 Å². The van der Waals surface area contributed by atoms with Gasteiger partial charge in [0.2, 0.25) is 0 Å². The Kier molecular flexibility index (Phi) is 3.08. The first-order chi connectivity index (χ1) is 7.66. The van der Waals surface area contributed by atoms with Gasteiger partial charge in [0.05, 0.1) is 12.6 Å². The Hall–Kier alpha value is -1.58. The highest BCUT2D eigenvalue weighted by atomic mass is 19.1. The highest BCUT2D eigenvalue weighted by Crippen LogP contribution is 2.20. The predicted octanol–water partition coefficient (Wildman–Crippen LogP) is 1.96. The monoisotopic (exact) mass is 222 g/mol. The summed E-state index contributed by atoms with van der Waals surface area (Å²) in [6.45, 7) is 5.31. The summed E-state index contributed by atoms with van der Waals surface area (Å²) in [4.78, 5) is 4.24. The minimum Gasteiger partial charge on any atom is -0.488 e. The van der Waals surface area contributed by atoms with Crippen molar-refractivity contribution in [3.63, 3.8) is 0 Å². The molecule has 0 radical (unpaired) electrons. The average molecular weight is 222 g/mol. The van der Waals surface area contributed by atoms with Gasteiger partial charge in [0.25, 0.3) is 0 Å². The van der Waals surface area contributed by atoms with Crippen LogP contribution in [0.5, 0.6) is 5.75 Å². The number of amidine groups is 1. The molecule has 86 valence electrons. The largest absolute Gasteiger partial charge is 0.488 e. The Labute approximate surface area is 94.3 Å². The molecule has 2 rings (SSSR count). The maximum Gasteiger partial charge on any atom is 0.165 e. The van der Waals surface area contributed by atoms with E-state index in [1.165, 1.54) is 6.07 Å². The number of hydrogen-bond acceptors (Lipinski definition) is 3. The zero-order valence-electron chi connectivity index (χ0n) is 9.46. The summed E-state index contributed by atoms with van der Waals surface area (Å²) in [5.41, 5.74) is 0.770. The number of nitrogens with one attached hydrogen (secondary N) is 1. The summed E-state index contributed by atoms with van der Waals surface area (Å²) >= 11 is 0. The number of hydrogen-bond donors (Lipinski definition) is 1. The average Bonchev–Trinajstić information content (AvgIpc) is 2.73. The first-order valence-corrected chi connectivity index (χ1v) is 5.41. The second-order valence-electron chi connectivity index (χ2n) is 3.97. The van der Waals surface area contributed by atoms with Gasteiger partial charge in [-0.3, -0.25) is 4.99 Å². The Balaban J connectivity index is 2.22. The molecule has 1 aliphatic heterocycles. The third-order valence-electron chi connectivity index (χ3n) is 2.24. The van der Waals surface area contributed by atoms with E-state index in [0.717, 1.165) is 24.5 Å². The van der Waals surface area contributed by atoms with E-state index in [-0.39, 0.29) is 17.7 Å². The van der Waals surface area contributed by atoms with Crippen LogP contribution in [0.1, 0.15) is 19.4 Å². The molecule has 0 saturated heterocycles. The molecule has 0 amide bonds. The van der Waals surface area contributed by atoms with Gasteiger partial charge in [-0.15, -0.1) is 0 Å². The van der Waals surface area contributed by atoms with Gasteiger partial charge in [-0.1, -0.05) is 0 Å². The van der Waals surface area contributed by atoms with Gasteiger partial charge in [-0.2, -0.15) is 0 Å². The summed E-state index contributed by atoms with van der Waals surface area (Å²) in [6, 6.07) is 4.92. The van der Waals surface area contributed by atoms with Crippen molar-refractivity contribution >= 4 is 5.84 Å². The Bertz CT molecular complexity index is 415. The maximum atomic E-state index is 13.7. The zero-order valence-corrected chi connectivity index (χ0v) is 9.46. The lowest BCUT2D eigenvalue weighted by Crippen LogP contribution is -2.19. The first-order valence-electron chi connectivity index (χ1n) is 5.41. The molecule has 1 aliphatic rings. The number of nitrogens with zero attached hydrogens (tertiary/aromatic N) is 1. The van der Waals surface area contributed by atoms with Gasteiger partial charge in [0.15, 0.2) is 11.6 Å². The van der Waals surface area contributed by atoms with E-state index in [4.69, 9.17) is 4.74 Å². The van der Waals surface area contributed by atoms with Gasteiger partial charge >= 0.3 is 0 Å². The Morgan fingerprint density at radius 1 is 1.44 bits per heavy atom. The molecule has 1 aromatic carbocycles. The third-order valence-corrected chi connectivity index (χ3v) is 2.24. The van der Waals surface area contributed by atoms with Crippen molar-refractivity contribution in [3.05, 3.63) is 29.6 Å². The number of halogens is 1. The highest BCUT2D eigenvalue weighted by Gasteiger charge is 2.12. The third kappa shape index (κ3) is 2.32. The number of aliphatic imine (C=N–C) groups is 1. The van der Waals surface area contributed by atoms with Crippen molar-refractivity contribution in [2.45, 2.75) is 20.0 Å². The number of rotatable bonds is 3. The highest BCUT2D eigenvalue weighted by molar-refractivity contribution is 5.99. The molecule has 4 heteroatoms. The molecule has 3 nitrogen and oxygen atoms in total. The molecular formula is C12H15FN2O. The summed E-state index contributed by atoms with van der Waals surface area (Å²) in [5, 5.41) is 3.10. The lowest BCUT2D eigenvalue weighted by Gasteiger charge is -2.11. The second kappa shape index (κ2) is 4.51. The second-order valence-corrected chi connectivity index (χ2v) is 3.97. The lowest BCUT2D eigenvalue weighted by molar-refractivity contribution is 0.231. The Morgan fingerprint density at radius 3 is 2.81 bits per heavy atom. The van der Waals surface area contributed by atoms with Crippen LogP contribution in [0.3, 0.4) is 0 Å². The summed E-state index contributed by atoms with van der Waals surface area (Å²) in [6.07, 6.45) is -0.0257. The van der Waals surface area contributed by atoms with Crippen LogP contribution in [0.4, 0.5) is 4.39 Å². The SMILES string of the molecule is CC(C)Oc1ccc(C2=NCCN2)cc1F. The fourth-order valence-electron chi connectivity index (χ4n) is 1.59. The van der Waals surface area contributed by atoms with Crippen molar-refractivity contribution in [3.8, 4) is 5.75 Å². The summed E-state index contributed by atoms with van der Waals surface area (Å²) in [5.74, 6) is 0.704. The fraction of sp³-hybridized carbons (Fsp3) is 0.417. The van der Waals surface area contributed by atoms with Crippen LogP contribution < -0.4 is 10.1 Å². The van der Waals surface area contributed by atoms with Gasteiger partial charge in [-0.05, 0) is 32.0 Å². The van der Waals surface area contributed by atoms with Gasteiger partial charge < -0.3 is 10.1 Å². The van der Waals surface area contributed by atoms with E-state index in [1.54, 1.807) is 6.07 Å². The van der Waals surface area contributed by atoms with Crippen molar-refractivity contribution < 1.29 is 9.13 Å². The molecule has 0 spiro atoms. The molecule has 0 aliphatic carbocycles. The Morgan fingerprint density at radius 2 is 2.25 bits per heavy atom. The van der Waals surface area contributed by atoms with E-state index >= 15 is 0 Å². The minimum absolute atomic E-state index is 0.0257. The van der Waals surface area contributed by atoms with Crippen molar-refractivity contribution in [2.75, 3.05) is 13.1 Å². The molecule has 1 N–H and O–H groups in total. The molecule has 0 bridgehead atoms. The summed E-state index contributed by atoms with van der Waals surface area (Å²) in [7, 11) is 0. The quantitative estimate of drug-likeness (QED) is 0.848. The van der Waals surface area contributed by atoms with E-state index in [1.807, 2.05) is 19.9 Å². The molecule has 0 saturated carbocycles. The van der Waals surface area contributed by atoms with Crippen LogP contribution in [0.25, 0.3) is 0 Å². The maximum absolute atomic E-state index is 13.7. The van der Waals surface area contributed by atoms with E-state index in [2.05, 4.69) is 10.3 Å². The molecule has 0 atom stereocenters. The number of benzene rings is 1. The lowest BCUT2D eigenvalue weighted by atomic mass is 10.2. The van der Waals surface area contributed by atoms with Crippen LogP contribution in [0.2, 0.25) is 0 Å². The normalized spacial score (nSPS) is 14.9. The molecule has 0 fully saturated rings. The van der Waals surface area contributed by atoms with E-state index in [9.17, 15) is 4.39 Å². The first kappa shape index (κ1) is 10.9. The van der Waals surface area contributed by atoms with Crippen molar-refractivity contribution in [2.24, 2.45) is 4.99 Å². The van der Waals surface area contributed by atoms with E-state index in [0.29, 0.717) is 0 Å². The van der Waals surface area contributed by atoms with Gasteiger partial charge in [0, 0.05) is 12.1 Å². The molecular weight excluding hydrogens is 207 g/mol. The smallest absolute Gasteiger partial charge is 0.165 e. The number of ether oxygens (including phenoxy) is 1. The zero-order chi connectivity index (χ0) is 11.5. The van der Waals surface area contributed by atoms with Crippen molar-refractivity contribution in [1.82, 2.24) is 5.32 Å². The molecule has 16 heavy (non-hydrogen) atoms. The minimum atomic E-state index is -0.345. The molecule has 1 heterocycles. The van der Waals surface area contributed by atoms with Gasteiger partial charge in [-0.25, -0.2) is 4.39 Å². The topological polar surface area (TPSA) is 33.6 Å². The summed E-state index contributed by atoms with van der Waals surface area (Å²) < 4.78 is 19.0. The van der Waals surface area contributed by atoms with Crippen LogP contribution in [-0.4, -0.2) is 25.0 Å². The van der Waals surface area contributed by atoms with Crippen LogP contribution in [0.15, 0.2) is 23.2 Å². The molecule has 1 aromatic rings. The van der Waals surface area contributed by atoms with E-state index < -0.39 is 0 Å². The predicted molar refractivity (Wildman–Crippen MR) is 61.6 cm³/mol. The molecule has 0 unspecified atom stereocenters. The van der Waals surface area contributed by atoms with Crippen LogP contribution in [0, 0.1) is 5.82 Å². The van der Waals surface area contributed by atoms with Gasteiger partial charge in [0.1, 0.15) is 5.84 Å². The van der Waals surface area contributed by atoms with Crippen LogP contribution in [-0.2, 0) is 0 Å². The van der Waals surface area contributed by atoms with Crippen LogP contribution >= 0.6 is 0 Å². The standard InChI is InChI=1S/C12H15FN2O/c1-8(2)16-11-4-3-9(7-10(11)13)12-14-5-6-15-12/h3-4,7-8H,5-6H2,1-2H3,(H,14,15). The molecule has 0 aromatic heterocycles. The fourth-order valence-corrected chi connectivity index (χ4v) is 1.59.